The van der Waals surface area contributed by atoms with Crippen molar-refractivity contribution in [3.63, 3.8) is 0 Å². The minimum absolute atomic E-state index is 0.0341. The van der Waals surface area contributed by atoms with Crippen LogP contribution in [0, 0.1) is 0 Å². The molecule has 2 N–H and O–H groups in total. The van der Waals surface area contributed by atoms with E-state index in [4.69, 9.17) is 9.84 Å². The molecule has 2 aromatic rings. The molecule has 2 aromatic carbocycles. The first-order chi connectivity index (χ1) is 16.4. The summed E-state index contributed by atoms with van der Waals surface area (Å²) in [5.41, 5.74) is 1.54. The Balaban J connectivity index is 1.86. The molecule has 0 aliphatic carbocycles. The van der Waals surface area contributed by atoms with Gasteiger partial charge in [-0.2, -0.15) is 0 Å². The number of aliphatic carboxylic acids is 1. The fourth-order valence-corrected chi connectivity index (χ4v) is 3.96. The predicted octanol–water partition coefficient (Wildman–Crippen LogP) is 4.71. The lowest BCUT2D eigenvalue weighted by atomic mass is 9.95. The van der Waals surface area contributed by atoms with Crippen LogP contribution in [0.4, 0.5) is 0 Å². The molecule has 0 spiro atoms. The van der Waals surface area contributed by atoms with Gasteiger partial charge in [-0.1, -0.05) is 55.0 Å². The Bertz CT molecular complexity index is 1070. The molecule has 1 aliphatic rings. The number of hydrogen-bond acceptors (Lipinski definition) is 5. The Morgan fingerprint density at radius 2 is 1.74 bits per heavy atom. The van der Waals surface area contributed by atoms with Crippen molar-refractivity contribution in [2.24, 2.45) is 0 Å². The van der Waals surface area contributed by atoms with Gasteiger partial charge in [0.05, 0.1) is 18.2 Å². The number of allylic oxidation sites excluding steroid dienone is 1. The molecule has 7 nitrogen and oxygen atoms in total. The van der Waals surface area contributed by atoms with Gasteiger partial charge in [-0.15, -0.1) is 0 Å². The number of ether oxygens (including phenoxy) is 1. The van der Waals surface area contributed by atoms with Crippen LogP contribution in [0.2, 0.25) is 0 Å². The molecule has 0 saturated carbocycles. The SMILES string of the molecule is CCOc1ccc(C2C(C(=O)/C=C/c3ccccc3)=C(O)C(=O)N2CCCCCC(=O)O)cc1. The smallest absolute Gasteiger partial charge is 0.303 e. The van der Waals surface area contributed by atoms with E-state index in [1.807, 2.05) is 37.3 Å². The molecule has 1 aliphatic heterocycles. The third-order valence-corrected chi connectivity index (χ3v) is 5.59. The molecule has 0 fully saturated rings. The Hall–Kier alpha value is -3.87. The van der Waals surface area contributed by atoms with Crippen LogP contribution < -0.4 is 4.74 Å². The van der Waals surface area contributed by atoms with Gasteiger partial charge in [-0.05, 0) is 49.1 Å². The summed E-state index contributed by atoms with van der Waals surface area (Å²) in [4.78, 5) is 38.3. The second kappa shape index (κ2) is 11.8. The summed E-state index contributed by atoms with van der Waals surface area (Å²) in [5.74, 6) is -1.79. The lowest BCUT2D eigenvalue weighted by Crippen LogP contribution is -2.32. The topological polar surface area (TPSA) is 104 Å². The number of carbonyl (C=O) groups excluding carboxylic acids is 2. The van der Waals surface area contributed by atoms with Crippen molar-refractivity contribution in [1.82, 2.24) is 4.90 Å². The summed E-state index contributed by atoms with van der Waals surface area (Å²) in [6, 6.07) is 15.7. The summed E-state index contributed by atoms with van der Waals surface area (Å²) < 4.78 is 5.50. The molecule has 1 amide bonds. The normalized spacial score (nSPS) is 15.9. The average Bonchev–Trinajstić information content (AvgIpc) is 3.08. The molecule has 1 heterocycles. The van der Waals surface area contributed by atoms with Crippen LogP contribution in [0.5, 0.6) is 5.75 Å². The number of unbranched alkanes of at least 4 members (excludes halogenated alkanes) is 2. The standard InChI is InChI=1S/C27H29NO6/c1-2-34-21-15-13-20(14-16-21)25-24(22(29)17-12-19-9-5-3-6-10-19)26(32)27(33)28(25)18-8-4-7-11-23(30)31/h3,5-6,9-10,12-17,25,32H,2,4,7-8,11,18H2,1H3,(H,30,31)/b17-12+. The van der Waals surface area contributed by atoms with Crippen LogP contribution in [0.3, 0.4) is 0 Å². The number of amides is 1. The van der Waals surface area contributed by atoms with Gasteiger partial charge in [0.25, 0.3) is 5.91 Å². The number of benzene rings is 2. The maximum Gasteiger partial charge on any atom is 0.303 e. The number of hydrogen-bond donors (Lipinski definition) is 2. The van der Waals surface area contributed by atoms with Crippen molar-refractivity contribution in [2.75, 3.05) is 13.2 Å². The van der Waals surface area contributed by atoms with Gasteiger partial charge in [0.2, 0.25) is 0 Å². The Kier molecular flexibility index (Phi) is 8.62. The largest absolute Gasteiger partial charge is 0.503 e. The fraction of sp³-hybridized carbons (Fsp3) is 0.296. The summed E-state index contributed by atoms with van der Waals surface area (Å²) >= 11 is 0. The molecule has 0 aromatic heterocycles. The lowest BCUT2D eigenvalue weighted by Gasteiger charge is -2.26. The number of aliphatic hydroxyl groups is 1. The van der Waals surface area contributed by atoms with Crippen molar-refractivity contribution in [1.29, 1.82) is 0 Å². The third kappa shape index (κ3) is 6.13. The minimum atomic E-state index is -0.859. The van der Waals surface area contributed by atoms with E-state index in [0.29, 0.717) is 43.7 Å². The maximum atomic E-state index is 13.2. The fourth-order valence-electron chi connectivity index (χ4n) is 3.96. The van der Waals surface area contributed by atoms with E-state index in [1.165, 1.54) is 11.0 Å². The van der Waals surface area contributed by atoms with Gasteiger partial charge in [-0.25, -0.2) is 0 Å². The van der Waals surface area contributed by atoms with E-state index in [-0.39, 0.29) is 12.0 Å². The Labute approximate surface area is 199 Å². The van der Waals surface area contributed by atoms with Gasteiger partial charge < -0.3 is 19.8 Å². The number of rotatable bonds is 12. The first-order valence-electron chi connectivity index (χ1n) is 11.4. The highest BCUT2D eigenvalue weighted by molar-refractivity contribution is 6.14. The van der Waals surface area contributed by atoms with E-state index in [9.17, 15) is 19.5 Å². The summed E-state index contributed by atoms with van der Waals surface area (Å²) in [7, 11) is 0. The number of carbonyl (C=O) groups is 3. The number of carboxylic acid groups (broad SMARTS) is 1. The molecule has 178 valence electrons. The van der Waals surface area contributed by atoms with Crippen LogP contribution in [0.25, 0.3) is 6.08 Å². The molecular formula is C27H29NO6. The van der Waals surface area contributed by atoms with E-state index >= 15 is 0 Å². The van der Waals surface area contributed by atoms with Gasteiger partial charge in [0.1, 0.15) is 5.75 Å². The number of nitrogens with zero attached hydrogens (tertiary/aromatic N) is 1. The summed E-state index contributed by atoms with van der Waals surface area (Å²) in [6.07, 6.45) is 4.75. The molecule has 0 saturated heterocycles. The summed E-state index contributed by atoms with van der Waals surface area (Å²) in [5, 5.41) is 19.5. The zero-order chi connectivity index (χ0) is 24.5. The molecule has 7 heteroatoms. The zero-order valence-electron chi connectivity index (χ0n) is 19.1. The second-order valence-corrected chi connectivity index (χ2v) is 7.98. The van der Waals surface area contributed by atoms with Crippen molar-refractivity contribution in [3.05, 3.63) is 83.1 Å². The van der Waals surface area contributed by atoms with Crippen molar-refractivity contribution in [2.45, 2.75) is 38.6 Å². The monoisotopic (exact) mass is 463 g/mol. The third-order valence-electron chi connectivity index (χ3n) is 5.59. The van der Waals surface area contributed by atoms with Crippen molar-refractivity contribution < 1.29 is 29.3 Å². The number of aliphatic hydroxyl groups excluding tert-OH is 1. The first kappa shape index (κ1) is 24.8. The minimum Gasteiger partial charge on any atom is -0.503 e. The van der Waals surface area contributed by atoms with Crippen molar-refractivity contribution >= 4 is 23.7 Å². The van der Waals surface area contributed by atoms with Crippen molar-refractivity contribution in [3.8, 4) is 5.75 Å². The van der Waals surface area contributed by atoms with E-state index in [1.54, 1.807) is 30.3 Å². The molecular weight excluding hydrogens is 434 g/mol. The molecule has 1 unspecified atom stereocenters. The van der Waals surface area contributed by atoms with Crippen LogP contribution in [-0.2, 0) is 14.4 Å². The van der Waals surface area contributed by atoms with Gasteiger partial charge in [-0.3, -0.25) is 14.4 Å². The highest BCUT2D eigenvalue weighted by Gasteiger charge is 2.42. The predicted molar refractivity (Wildman–Crippen MR) is 128 cm³/mol. The van der Waals surface area contributed by atoms with Gasteiger partial charge >= 0.3 is 5.97 Å². The Morgan fingerprint density at radius 1 is 1.03 bits per heavy atom. The molecule has 3 rings (SSSR count). The molecule has 1 atom stereocenters. The highest BCUT2D eigenvalue weighted by atomic mass is 16.5. The van der Waals surface area contributed by atoms with E-state index in [2.05, 4.69) is 0 Å². The summed E-state index contributed by atoms with van der Waals surface area (Å²) in [6.45, 7) is 2.68. The second-order valence-electron chi connectivity index (χ2n) is 7.98. The van der Waals surface area contributed by atoms with Gasteiger partial charge in [0, 0.05) is 13.0 Å². The van der Waals surface area contributed by atoms with Gasteiger partial charge in [0.15, 0.2) is 11.5 Å². The number of ketones is 1. The van der Waals surface area contributed by atoms with Crippen LogP contribution in [-0.4, -0.2) is 45.9 Å². The zero-order valence-corrected chi connectivity index (χ0v) is 19.1. The highest BCUT2D eigenvalue weighted by Crippen LogP contribution is 2.38. The number of carboxylic acids is 1. The van der Waals surface area contributed by atoms with E-state index < -0.39 is 29.5 Å². The van der Waals surface area contributed by atoms with Crippen LogP contribution in [0.1, 0.15) is 49.8 Å². The van der Waals surface area contributed by atoms with Crippen LogP contribution in [0.15, 0.2) is 72.0 Å². The molecule has 0 radical (unpaired) electrons. The lowest BCUT2D eigenvalue weighted by molar-refractivity contribution is -0.137. The molecule has 0 bridgehead atoms. The Morgan fingerprint density at radius 3 is 2.38 bits per heavy atom. The average molecular weight is 464 g/mol. The van der Waals surface area contributed by atoms with Crippen LogP contribution >= 0.6 is 0 Å². The quantitative estimate of drug-likeness (QED) is 0.349. The maximum absolute atomic E-state index is 13.2. The molecule has 34 heavy (non-hydrogen) atoms. The van der Waals surface area contributed by atoms with E-state index in [0.717, 1.165) is 5.56 Å². The first-order valence-corrected chi connectivity index (χ1v) is 11.4.